The first-order valence-electron chi connectivity index (χ1n) is 13.1. The number of nitrogens with zero attached hydrogens (tertiary/aromatic N) is 2. The van der Waals surface area contributed by atoms with Gasteiger partial charge in [-0.05, 0) is 64.2 Å². The quantitative estimate of drug-likeness (QED) is 0.0910. The molecule has 0 aromatic heterocycles. The maximum atomic E-state index is 14.1. The van der Waals surface area contributed by atoms with E-state index in [-0.39, 0.29) is 17.9 Å². The molecular formula is C32H20Cl2N2O6. The second-order valence-corrected chi connectivity index (χ2v) is 11.7. The molecule has 2 bridgehead atoms. The lowest BCUT2D eigenvalue weighted by Crippen LogP contribution is -2.57. The zero-order valence-corrected chi connectivity index (χ0v) is 23.2. The number of anilines is 1. The predicted molar refractivity (Wildman–Crippen MR) is 154 cm³/mol. The molecule has 0 N–H and O–H groups in total. The molecule has 0 saturated carbocycles. The number of nitro benzene ring substituents is 1. The standard InChI is InChI=1S/C32H20Cl2N2O6/c33-31-22-5-1-2-6-23(22)32(34,25-8-4-3-7-24(25)31)27-26(31)28(37)35(29(27)38)20-15-11-19(12-16-20)30(39)42-17-18-9-13-21(14-10-18)36(40)41/h1-16,26-27H,17H2/t26-,27-,31?,32?/m1/s1. The number of esters is 1. The summed E-state index contributed by atoms with van der Waals surface area (Å²) in [7, 11) is 0. The van der Waals surface area contributed by atoms with Crippen molar-refractivity contribution in [2.24, 2.45) is 11.8 Å². The van der Waals surface area contributed by atoms with Gasteiger partial charge in [-0.1, -0.05) is 48.5 Å². The van der Waals surface area contributed by atoms with Crippen LogP contribution < -0.4 is 4.90 Å². The minimum Gasteiger partial charge on any atom is -0.457 e. The summed E-state index contributed by atoms with van der Waals surface area (Å²) in [5.41, 5.74) is 3.90. The van der Waals surface area contributed by atoms with E-state index in [4.69, 9.17) is 27.9 Å². The highest BCUT2D eigenvalue weighted by Gasteiger charge is 2.73. The van der Waals surface area contributed by atoms with E-state index in [9.17, 15) is 24.5 Å². The molecule has 8 nitrogen and oxygen atoms in total. The number of nitro groups is 1. The third kappa shape index (κ3) is 3.45. The van der Waals surface area contributed by atoms with Crippen molar-refractivity contribution in [1.29, 1.82) is 0 Å². The molecule has 208 valence electrons. The molecule has 0 radical (unpaired) electrons. The van der Waals surface area contributed by atoms with E-state index in [1.807, 2.05) is 48.5 Å². The molecule has 8 rings (SSSR count). The van der Waals surface area contributed by atoms with Gasteiger partial charge in [-0.3, -0.25) is 19.7 Å². The number of rotatable bonds is 5. The highest BCUT2D eigenvalue weighted by atomic mass is 35.5. The van der Waals surface area contributed by atoms with E-state index >= 15 is 0 Å². The van der Waals surface area contributed by atoms with Crippen molar-refractivity contribution < 1.29 is 24.0 Å². The van der Waals surface area contributed by atoms with Crippen molar-refractivity contribution in [1.82, 2.24) is 0 Å². The molecule has 1 heterocycles. The Bertz CT molecular complexity index is 1700. The van der Waals surface area contributed by atoms with E-state index in [1.165, 1.54) is 48.5 Å². The molecule has 1 fully saturated rings. The average Bonchev–Trinajstić information content (AvgIpc) is 3.29. The van der Waals surface area contributed by atoms with Crippen LogP contribution in [-0.2, 0) is 30.7 Å². The fourth-order valence-electron chi connectivity index (χ4n) is 6.61. The molecule has 2 atom stereocenters. The molecule has 10 heteroatoms. The fourth-order valence-corrected chi connectivity index (χ4v) is 7.71. The van der Waals surface area contributed by atoms with Crippen molar-refractivity contribution >= 4 is 52.4 Å². The van der Waals surface area contributed by atoms with Crippen LogP contribution >= 0.6 is 23.2 Å². The Hall–Kier alpha value is -4.53. The van der Waals surface area contributed by atoms with Gasteiger partial charge < -0.3 is 4.74 Å². The van der Waals surface area contributed by atoms with E-state index in [0.29, 0.717) is 11.3 Å². The lowest BCUT2D eigenvalue weighted by Gasteiger charge is -2.54. The van der Waals surface area contributed by atoms with Crippen LogP contribution in [0.2, 0.25) is 0 Å². The zero-order valence-electron chi connectivity index (χ0n) is 21.7. The van der Waals surface area contributed by atoms with Gasteiger partial charge in [-0.15, -0.1) is 23.2 Å². The Labute approximate surface area is 249 Å². The zero-order chi connectivity index (χ0) is 29.4. The second-order valence-electron chi connectivity index (χ2n) is 10.5. The number of ether oxygens (including phenoxy) is 1. The van der Waals surface area contributed by atoms with Gasteiger partial charge in [-0.2, -0.15) is 0 Å². The summed E-state index contributed by atoms with van der Waals surface area (Å²) in [5, 5.41) is 10.8. The first-order valence-corrected chi connectivity index (χ1v) is 13.9. The lowest BCUT2D eigenvalue weighted by atomic mass is 9.54. The van der Waals surface area contributed by atoms with E-state index in [2.05, 4.69) is 0 Å². The Morgan fingerprint density at radius 2 is 1.21 bits per heavy atom. The highest BCUT2D eigenvalue weighted by Crippen LogP contribution is 2.69. The monoisotopic (exact) mass is 598 g/mol. The molecule has 1 aliphatic heterocycles. The van der Waals surface area contributed by atoms with Crippen molar-refractivity contribution in [2.75, 3.05) is 4.90 Å². The summed E-state index contributed by atoms with van der Waals surface area (Å²) < 4.78 is 5.34. The summed E-state index contributed by atoms with van der Waals surface area (Å²) >= 11 is 14.9. The summed E-state index contributed by atoms with van der Waals surface area (Å²) in [5.74, 6) is -3.40. The molecular weight excluding hydrogens is 579 g/mol. The normalized spacial score (nSPS) is 25.0. The number of non-ortho nitro benzene ring substituents is 1. The van der Waals surface area contributed by atoms with Crippen molar-refractivity contribution in [3.8, 4) is 0 Å². The number of alkyl halides is 2. The number of hydrogen-bond donors (Lipinski definition) is 0. The third-order valence-electron chi connectivity index (χ3n) is 8.46. The smallest absolute Gasteiger partial charge is 0.338 e. The van der Waals surface area contributed by atoms with E-state index < -0.39 is 44.3 Å². The van der Waals surface area contributed by atoms with Crippen molar-refractivity contribution in [3.63, 3.8) is 0 Å². The van der Waals surface area contributed by atoms with Gasteiger partial charge in [0.2, 0.25) is 11.8 Å². The van der Waals surface area contributed by atoms with Crippen molar-refractivity contribution in [2.45, 2.75) is 16.4 Å². The first-order chi connectivity index (χ1) is 20.2. The Morgan fingerprint density at radius 1 is 0.762 bits per heavy atom. The molecule has 4 aliphatic rings. The number of amides is 2. The summed E-state index contributed by atoms with van der Waals surface area (Å²) in [6, 6.07) is 26.5. The van der Waals surface area contributed by atoms with Crippen LogP contribution in [0.25, 0.3) is 0 Å². The maximum absolute atomic E-state index is 14.1. The minimum absolute atomic E-state index is 0.0625. The van der Waals surface area contributed by atoms with Gasteiger partial charge in [0.05, 0.1) is 28.0 Å². The van der Waals surface area contributed by atoms with E-state index in [1.54, 1.807) is 0 Å². The van der Waals surface area contributed by atoms with Gasteiger partial charge in [0.15, 0.2) is 0 Å². The number of benzene rings is 4. The van der Waals surface area contributed by atoms with Crippen LogP contribution in [0.5, 0.6) is 0 Å². The van der Waals surface area contributed by atoms with Crippen LogP contribution in [0.1, 0.15) is 38.2 Å². The van der Waals surface area contributed by atoms with Gasteiger partial charge in [0, 0.05) is 12.1 Å². The average molecular weight is 599 g/mol. The third-order valence-corrected chi connectivity index (χ3v) is 9.75. The van der Waals surface area contributed by atoms with Crippen molar-refractivity contribution in [3.05, 3.63) is 141 Å². The molecule has 4 aromatic carbocycles. The predicted octanol–water partition coefficient (Wildman–Crippen LogP) is 6.05. The largest absolute Gasteiger partial charge is 0.457 e. The number of hydrogen-bond acceptors (Lipinski definition) is 6. The van der Waals surface area contributed by atoms with E-state index in [0.717, 1.165) is 27.2 Å². The van der Waals surface area contributed by atoms with Crippen LogP contribution in [0, 0.1) is 22.0 Å². The molecule has 1 saturated heterocycles. The van der Waals surface area contributed by atoms with Crippen LogP contribution in [0.3, 0.4) is 0 Å². The molecule has 0 spiro atoms. The highest BCUT2D eigenvalue weighted by molar-refractivity contribution is 6.38. The van der Waals surface area contributed by atoms with Gasteiger partial charge in [0.25, 0.3) is 5.69 Å². The molecule has 0 unspecified atom stereocenters. The SMILES string of the molecule is O=C(OCc1ccc([N+](=O)[O-])cc1)c1ccc(N2C(=O)[C@H]3[C@H](C2=O)C2(Cl)c4ccccc4C3(Cl)c3ccccc32)cc1. The lowest BCUT2D eigenvalue weighted by molar-refractivity contribution is -0.384. The summed E-state index contributed by atoms with van der Waals surface area (Å²) in [6.07, 6.45) is 0. The molecule has 2 amide bonds. The summed E-state index contributed by atoms with van der Waals surface area (Å²) in [6.45, 7) is -0.0816. The number of halogens is 2. The molecule has 42 heavy (non-hydrogen) atoms. The Kier molecular flexibility index (Phi) is 5.80. The molecule has 3 aliphatic carbocycles. The minimum atomic E-state index is -1.28. The van der Waals surface area contributed by atoms with Crippen LogP contribution in [-0.4, -0.2) is 22.7 Å². The number of carbonyl (C=O) groups excluding carboxylic acids is 3. The first kappa shape index (κ1) is 26.4. The number of carbonyl (C=O) groups is 3. The number of imide groups is 1. The van der Waals surface area contributed by atoms with Crippen LogP contribution in [0.15, 0.2) is 97.1 Å². The van der Waals surface area contributed by atoms with Gasteiger partial charge in [-0.25, -0.2) is 9.69 Å². The van der Waals surface area contributed by atoms with Gasteiger partial charge >= 0.3 is 5.97 Å². The Morgan fingerprint density at radius 3 is 1.64 bits per heavy atom. The van der Waals surface area contributed by atoms with Gasteiger partial charge in [0.1, 0.15) is 16.4 Å². The Balaban J connectivity index is 1.18. The summed E-state index contributed by atoms with van der Waals surface area (Å²) in [4.78, 5) is 49.7. The maximum Gasteiger partial charge on any atom is 0.338 e. The topological polar surface area (TPSA) is 107 Å². The fraction of sp³-hybridized carbons (Fsp3) is 0.156. The second kappa shape index (κ2) is 9.24. The van der Waals surface area contributed by atoms with Crippen LogP contribution in [0.4, 0.5) is 11.4 Å². The molecule has 4 aromatic rings.